The summed E-state index contributed by atoms with van der Waals surface area (Å²) in [6, 6.07) is 6.01. The number of benzene rings is 1. The summed E-state index contributed by atoms with van der Waals surface area (Å²) in [7, 11) is 0. The Morgan fingerprint density at radius 2 is 1.89 bits per heavy atom. The van der Waals surface area contributed by atoms with E-state index in [2.05, 4.69) is 15.1 Å². The van der Waals surface area contributed by atoms with Crippen molar-refractivity contribution in [3.05, 3.63) is 47.1 Å². The molecule has 0 aliphatic heterocycles. The van der Waals surface area contributed by atoms with Crippen molar-refractivity contribution in [2.24, 2.45) is 0 Å². The molecule has 0 fully saturated rings. The van der Waals surface area contributed by atoms with Gasteiger partial charge in [0.25, 0.3) is 0 Å². The quantitative estimate of drug-likeness (QED) is 0.677. The number of nitrogens with zero attached hydrogens (tertiary/aromatic N) is 4. The molecule has 0 N–H and O–H groups in total. The van der Waals surface area contributed by atoms with Gasteiger partial charge in [0, 0.05) is 0 Å². The van der Waals surface area contributed by atoms with E-state index in [1.807, 2.05) is 0 Å². The van der Waals surface area contributed by atoms with Gasteiger partial charge in [0.05, 0.1) is 17.6 Å². The molecule has 0 aliphatic rings. The normalized spacial score (nSPS) is 11.1. The first-order valence-corrected chi connectivity index (χ1v) is 5.67. The van der Waals surface area contributed by atoms with Crippen LogP contribution in [0.1, 0.15) is 5.69 Å². The molecule has 0 aliphatic carbocycles. The minimum Gasteiger partial charge on any atom is -0.229 e. The largest absolute Gasteiger partial charge is 0.229 e. The topological polar surface area (TPSA) is 43.6 Å². The van der Waals surface area contributed by atoms with Crippen LogP contribution in [0.5, 0.6) is 0 Å². The number of aromatic nitrogens is 4. The van der Waals surface area contributed by atoms with E-state index in [0.29, 0.717) is 22.0 Å². The Kier molecular flexibility index (Phi) is 2.48. The molecule has 3 aromatic rings. The number of hydrogen-bond donors (Lipinski definition) is 0. The van der Waals surface area contributed by atoms with Gasteiger partial charge >= 0.3 is 0 Å². The molecule has 4 nitrogen and oxygen atoms in total. The Balaban J connectivity index is 2.23. The Morgan fingerprint density at radius 3 is 2.61 bits per heavy atom. The maximum Gasteiger partial charge on any atom is 0.182 e. The first-order valence-electron chi connectivity index (χ1n) is 5.29. The van der Waals surface area contributed by atoms with E-state index < -0.39 is 0 Å². The van der Waals surface area contributed by atoms with Crippen LogP contribution in [0, 0.1) is 12.7 Å². The third-order valence-corrected chi connectivity index (χ3v) is 2.95. The lowest BCUT2D eigenvalue weighted by molar-refractivity contribution is 0.627. The molecule has 0 saturated heterocycles. The summed E-state index contributed by atoms with van der Waals surface area (Å²) in [6.07, 6.45) is 1.58. The molecule has 2 heterocycles. The fraction of sp³-hybridized carbons (Fsp3) is 0.0833. The lowest BCUT2D eigenvalue weighted by Crippen LogP contribution is -1.99. The predicted molar refractivity (Wildman–Crippen MR) is 66.4 cm³/mol. The second kappa shape index (κ2) is 4.03. The van der Waals surface area contributed by atoms with Crippen LogP contribution in [0.3, 0.4) is 0 Å². The monoisotopic (exact) mass is 262 g/mol. The van der Waals surface area contributed by atoms with Gasteiger partial charge in [0.1, 0.15) is 11.3 Å². The molecule has 1 aromatic carbocycles. The summed E-state index contributed by atoms with van der Waals surface area (Å²) < 4.78 is 14.5. The van der Waals surface area contributed by atoms with E-state index in [0.717, 1.165) is 5.69 Å². The van der Waals surface area contributed by atoms with Crippen molar-refractivity contribution in [3.63, 3.8) is 0 Å². The van der Waals surface area contributed by atoms with E-state index in [-0.39, 0.29) is 5.82 Å². The Hall–Kier alpha value is -2.01. The smallest absolute Gasteiger partial charge is 0.182 e. The van der Waals surface area contributed by atoms with Crippen LogP contribution in [0.25, 0.3) is 16.9 Å². The van der Waals surface area contributed by atoms with Crippen LogP contribution in [-0.2, 0) is 0 Å². The first-order chi connectivity index (χ1) is 8.65. The van der Waals surface area contributed by atoms with Crippen LogP contribution in [0.15, 0.2) is 30.5 Å². The van der Waals surface area contributed by atoms with E-state index in [9.17, 15) is 4.39 Å². The summed E-state index contributed by atoms with van der Waals surface area (Å²) in [5.74, 6) is -0.291. The molecule has 6 heteroatoms. The number of fused-ring (bicyclic) bond motifs is 1. The fourth-order valence-corrected chi connectivity index (χ4v) is 1.81. The zero-order valence-electron chi connectivity index (χ0n) is 9.43. The van der Waals surface area contributed by atoms with Gasteiger partial charge < -0.3 is 0 Å². The molecule has 0 bridgehead atoms. The highest BCUT2D eigenvalue weighted by Crippen LogP contribution is 2.19. The highest BCUT2D eigenvalue weighted by atomic mass is 35.5. The van der Waals surface area contributed by atoms with Gasteiger partial charge in [-0.15, -0.1) is 0 Å². The molecular formula is C12H8ClFN4. The summed E-state index contributed by atoms with van der Waals surface area (Å²) in [4.78, 5) is 8.53. The van der Waals surface area contributed by atoms with E-state index in [1.165, 1.54) is 12.1 Å². The fourth-order valence-electron chi connectivity index (χ4n) is 1.68. The van der Waals surface area contributed by atoms with Crippen LogP contribution >= 0.6 is 11.6 Å². The average molecular weight is 263 g/mol. The lowest BCUT2D eigenvalue weighted by Gasteiger charge is -2.03. The second-order valence-corrected chi connectivity index (χ2v) is 4.20. The maximum atomic E-state index is 12.9. The second-order valence-electron chi connectivity index (χ2n) is 3.84. The highest BCUT2D eigenvalue weighted by molar-refractivity contribution is 6.30. The summed E-state index contributed by atoms with van der Waals surface area (Å²) in [5, 5.41) is 4.55. The number of aryl methyl sites for hydroxylation is 1. The van der Waals surface area contributed by atoms with Crippen molar-refractivity contribution >= 4 is 22.8 Å². The Morgan fingerprint density at radius 1 is 1.17 bits per heavy atom. The molecule has 0 amide bonds. The van der Waals surface area contributed by atoms with Gasteiger partial charge in [0.2, 0.25) is 0 Å². The first kappa shape index (κ1) is 11.1. The van der Waals surface area contributed by atoms with Crippen molar-refractivity contribution in [2.75, 3.05) is 0 Å². The van der Waals surface area contributed by atoms with Crippen LogP contribution in [0.4, 0.5) is 4.39 Å². The van der Waals surface area contributed by atoms with Gasteiger partial charge in [-0.2, -0.15) is 5.10 Å². The van der Waals surface area contributed by atoms with E-state index in [1.54, 1.807) is 29.9 Å². The van der Waals surface area contributed by atoms with Crippen molar-refractivity contribution in [3.8, 4) is 5.69 Å². The molecule has 3 rings (SSSR count). The molecule has 0 radical (unpaired) electrons. The molecule has 0 saturated carbocycles. The average Bonchev–Trinajstić information content (AvgIpc) is 2.74. The van der Waals surface area contributed by atoms with Crippen molar-refractivity contribution in [1.29, 1.82) is 0 Å². The zero-order chi connectivity index (χ0) is 12.7. The van der Waals surface area contributed by atoms with Crippen molar-refractivity contribution in [2.45, 2.75) is 6.92 Å². The Bertz CT molecular complexity index is 721. The molecule has 0 spiro atoms. The molecule has 0 atom stereocenters. The number of hydrogen-bond acceptors (Lipinski definition) is 3. The minimum absolute atomic E-state index is 0.291. The van der Waals surface area contributed by atoms with Crippen LogP contribution in [-0.4, -0.2) is 19.7 Å². The SMILES string of the molecule is Cc1nc2c(cnn2-c2ccc(F)cc2)nc1Cl. The van der Waals surface area contributed by atoms with Gasteiger partial charge in [-0.05, 0) is 31.2 Å². The zero-order valence-corrected chi connectivity index (χ0v) is 10.2. The molecular weight excluding hydrogens is 255 g/mol. The maximum absolute atomic E-state index is 12.9. The van der Waals surface area contributed by atoms with E-state index >= 15 is 0 Å². The van der Waals surface area contributed by atoms with Gasteiger partial charge in [-0.1, -0.05) is 11.6 Å². The molecule has 18 heavy (non-hydrogen) atoms. The number of halogens is 2. The summed E-state index contributed by atoms with van der Waals surface area (Å²) in [6.45, 7) is 1.77. The van der Waals surface area contributed by atoms with Crippen LogP contribution in [0.2, 0.25) is 5.15 Å². The summed E-state index contributed by atoms with van der Waals surface area (Å²) >= 11 is 5.90. The van der Waals surface area contributed by atoms with Gasteiger partial charge in [0.15, 0.2) is 10.8 Å². The van der Waals surface area contributed by atoms with E-state index in [4.69, 9.17) is 11.6 Å². The van der Waals surface area contributed by atoms with Crippen LogP contribution < -0.4 is 0 Å². The number of rotatable bonds is 1. The molecule has 90 valence electrons. The lowest BCUT2D eigenvalue weighted by atomic mass is 10.3. The third-order valence-electron chi connectivity index (χ3n) is 2.59. The highest BCUT2D eigenvalue weighted by Gasteiger charge is 2.10. The molecule has 2 aromatic heterocycles. The third kappa shape index (κ3) is 1.73. The standard InChI is InChI=1S/C12H8ClFN4/c1-7-11(13)17-10-6-15-18(12(10)16-7)9-4-2-8(14)3-5-9/h2-6H,1H3. The Labute approximate surface area is 107 Å². The summed E-state index contributed by atoms with van der Waals surface area (Å²) in [5.41, 5.74) is 2.56. The van der Waals surface area contributed by atoms with Crippen molar-refractivity contribution in [1.82, 2.24) is 19.7 Å². The van der Waals surface area contributed by atoms with Gasteiger partial charge in [-0.25, -0.2) is 19.0 Å². The minimum atomic E-state index is -0.291. The molecule has 0 unspecified atom stereocenters. The van der Waals surface area contributed by atoms with Gasteiger partial charge in [-0.3, -0.25) is 0 Å². The predicted octanol–water partition coefficient (Wildman–Crippen LogP) is 2.92. The van der Waals surface area contributed by atoms with Crippen molar-refractivity contribution < 1.29 is 4.39 Å².